The number of amides is 1. The third-order valence-electron chi connectivity index (χ3n) is 6.81. The molecule has 7 heteroatoms. The minimum atomic E-state index is -3.99. The molecule has 1 atom stereocenters. The summed E-state index contributed by atoms with van der Waals surface area (Å²) in [6.45, 7) is 11.9. The maximum absolute atomic E-state index is 14.0. The zero-order valence-corrected chi connectivity index (χ0v) is 22.0. The number of carbonyl (C=O) groups is 1. The van der Waals surface area contributed by atoms with E-state index < -0.39 is 20.8 Å². The van der Waals surface area contributed by atoms with Crippen molar-refractivity contribution in [3.8, 4) is 22.6 Å². The summed E-state index contributed by atoms with van der Waals surface area (Å²) in [5.74, 6) is -0.742. The van der Waals surface area contributed by atoms with E-state index in [0.717, 1.165) is 36.0 Å². The third kappa shape index (κ3) is 5.56. The van der Waals surface area contributed by atoms with E-state index in [0.29, 0.717) is 36.9 Å². The molecule has 35 heavy (non-hydrogen) atoms. The van der Waals surface area contributed by atoms with Crippen LogP contribution in [0.4, 0.5) is 0 Å². The smallest absolute Gasteiger partial charge is 0.219 e. The Morgan fingerprint density at radius 2 is 1.89 bits per heavy atom. The van der Waals surface area contributed by atoms with Crippen molar-refractivity contribution < 1.29 is 23.4 Å². The van der Waals surface area contributed by atoms with Crippen LogP contribution in [0.3, 0.4) is 0 Å². The predicted octanol–water partition coefficient (Wildman–Crippen LogP) is 5.62. The fraction of sp³-hybridized carbons (Fsp3) is 0.464. The average molecular weight is 500 g/mol. The van der Waals surface area contributed by atoms with Gasteiger partial charge >= 0.3 is 0 Å². The van der Waals surface area contributed by atoms with Gasteiger partial charge in [-0.3, -0.25) is 4.79 Å². The van der Waals surface area contributed by atoms with Gasteiger partial charge in [-0.15, -0.1) is 0 Å². The highest BCUT2D eigenvalue weighted by atomic mass is 32.2. The second kappa shape index (κ2) is 10.9. The number of nitrogens with zero attached hydrogens (tertiary/aromatic N) is 1. The Balaban J connectivity index is 2.26. The number of phenols is 2. The van der Waals surface area contributed by atoms with Gasteiger partial charge in [-0.05, 0) is 62.3 Å². The number of rotatable bonds is 8. The van der Waals surface area contributed by atoms with Crippen LogP contribution in [0.1, 0.15) is 69.6 Å². The van der Waals surface area contributed by atoms with Crippen molar-refractivity contribution in [3.63, 3.8) is 0 Å². The Morgan fingerprint density at radius 3 is 2.51 bits per heavy atom. The van der Waals surface area contributed by atoms with Gasteiger partial charge in [0.15, 0.2) is 9.84 Å². The first-order valence-corrected chi connectivity index (χ1v) is 13.9. The number of hydrogen-bond acceptors (Lipinski definition) is 5. The first kappa shape index (κ1) is 26.8. The quantitative estimate of drug-likeness (QED) is 0.460. The van der Waals surface area contributed by atoms with Gasteiger partial charge in [0.2, 0.25) is 5.91 Å². The highest BCUT2D eigenvalue weighted by molar-refractivity contribution is 7.92. The van der Waals surface area contributed by atoms with Gasteiger partial charge in [0, 0.05) is 20.0 Å². The zero-order chi connectivity index (χ0) is 25.9. The summed E-state index contributed by atoms with van der Waals surface area (Å²) in [6.07, 6.45) is 4.02. The maximum atomic E-state index is 14.0. The first-order chi connectivity index (χ1) is 16.5. The molecule has 1 amide bonds. The number of allylic oxidation sites excluding steroid dienone is 1. The largest absolute Gasteiger partial charge is 0.507 e. The Bertz CT molecular complexity index is 1230. The summed E-state index contributed by atoms with van der Waals surface area (Å²) in [6, 6.07) is 7.09. The number of sulfone groups is 1. The molecular weight excluding hydrogens is 462 g/mol. The second-order valence-corrected chi connectivity index (χ2v) is 11.8. The van der Waals surface area contributed by atoms with Crippen LogP contribution in [0, 0.1) is 6.92 Å². The molecule has 0 bridgehead atoms. The predicted molar refractivity (Wildman–Crippen MR) is 140 cm³/mol. The van der Waals surface area contributed by atoms with Crippen LogP contribution in [-0.2, 0) is 21.1 Å². The van der Waals surface area contributed by atoms with E-state index in [2.05, 4.69) is 13.5 Å². The lowest BCUT2D eigenvalue weighted by Crippen LogP contribution is -2.44. The molecule has 1 aliphatic rings. The summed E-state index contributed by atoms with van der Waals surface area (Å²) in [5.41, 5.74) is 3.43. The minimum Gasteiger partial charge on any atom is -0.507 e. The molecule has 0 spiro atoms. The third-order valence-corrected chi connectivity index (χ3v) is 9.10. The topological polar surface area (TPSA) is 94.9 Å². The fourth-order valence-corrected chi connectivity index (χ4v) is 6.99. The van der Waals surface area contributed by atoms with Gasteiger partial charge in [0.1, 0.15) is 16.4 Å². The molecule has 0 aliphatic carbocycles. The Hall–Kier alpha value is -2.80. The van der Waals surface area contributed by atoms with Crippen molar-refractivity contribution in [2.24, 2.45) is 0 Å². The number of likely N-dealkylation sites (tertiary alicyclic amines) is 1. The van der Waals surface area contributed by atoms with Crippen LogP contribution < -0.4 is 0 Å². The number of piperidine rings is 1. The van der Waals surface area contributed by atoms with Crippen molar-refractivity contribution in [3.05, 3.63) is 47.5 Å². The summed E-state index contributed by atoms with van der Waals surface area (Å²) >= 11 is 0. The molecule has 1 saturated heterocycles. The van der Waals surface area contributed by atoms with Crippen LogP contribution in [0.2, 0.25) is 0 Å². The highest BCUT2D eigenvalue weighted by Crippen LogP contribution is 2.47. The van der Waals surface area contributed by atoms with E-state index in [9.17, 15) is 23.4 Å². The van der Waals surface area contributed by atoms with E-state index >= 15 is 0 Å². The van der Waals surface area contributed by atoms with Gasteiger partial charge in [-0.2, -0.15) is 0 Å². The molecule has 2 aromatic rings. The monoisotopic (exact) mass is 499 g/mol. The van der Waals surface area contributed by atoms with E-state index in [4.69, 9.17) is 0 Å². The van der Waals surface area contributed by atoms with Gasteiger partial charge in [0.05, 0.1) is 10.8 Å². The van der Waals surface area contributed by atoms with Crippen LogP contribution in [0.15, 0.2) is 35.7 Å². The number of unbranched alkanes of at least 4 members (excludes halogenated alkanes) is 2. The lowest BCUT2D eigenvalue weighted by molar-refractivity contribution is -0.129. The number of hydrogen-bond donors (Lipinski definition) is 2. The van der Waals surface area contributed by atoms with Gasteiger partial charge in [0.25, 0.3) is 0 Å². The molecule has 2 N–H and O–H groups in total. The Labute approximate surface area is 209 Å². The van der Waals surface area contributed by atoms with E-state index in [-0.39, 0.29) is 28.7 Å². The standard InChI is InChI=1S/C28H37NO5S/c1-6-7-8-10-21-16-25(31)26(24-15-19(4)12-13-23(24)18(2)3)27(32)28(21)35(33,34)22-11-9-14-29(17-22)20(5)30/h12-13,15-16,22,31-32H,2,6-11,14,17H2,1,3-5H3. The highest BCUT2D eigenvalue weighted by Gasteiger charge is 2.37. The molecule has 2 aromatic carbocycles. The summed E-state index contributed by atoms with van der Waals surface area (Å²) in [4.78, 5) is 13.4. The Kier molecular flexibility index (Phi) is 8.31. The number of aromatic hydroxyl groups is 2. The lowest BCUT2D eigenvalue weighted by Gasteiger charge is -2.32. The Morgan fingerprint density at radius 1 is 1.17 bits per heavy atom. The van der Waals surface area contributed by atoms with Crippen LogP contribution >= 0.6 is 0 Å². The molecule has 1 unspecified atom stereocenters. The van der Waals surface area contributed by atoms with Gasteiger partial charge < -0.3 is 15.1 Å². The molecule has 1 fully saturated rings. The van der Waals surface area contributed by atoms with Crippen molar-refractivity contribution in [2.75, 3.05) is 13.1 Å². The summed E-state index contributed by atoms with van der Waals surface area (Å²) < 4.78 is 28.0. The zero-order valence-electron chi connectivity index (χ0n) is 21.2. The molecule has 3 rings (SSSR count). The van der Waals surface area contributed by atoms with E-state index in [1.165, 1.54) is 13.0 Å². The summed E-state index contributed by atoms with van der Waals surface area (Å²) in [7, 11) is -3.99. The number of carbonyl (C=O) groups excluding carboxylic acids is 1. The van der Waals surface area contributed by atoms with E-state index in [1.807, 2.05) is 32.0 Å². The van der Waals surface area contributed by atoms with Crippen molar-refractivity contribution in [1.82, 2.24) is 4.90 Å². The first-order valence-electron chi connectivity index (χ1n) is 12.3. The normalized spacial score (nSPS) is 16.3. The molecule has 0 saturated carbocycles. The average Bonchev–Trinajstić information content (AvgIpc) is 2.78. The second-order valence-electron chi connectivity index (χ2n) is 9.67. The van der Waals surface area contributed by atoms with Gasteiger partial charge in [-0.1, -0.05) is 55.7 Å². The molecule has 6 nitrogen and oxygen atoms in total. The fourth-order valence-electron chi connectivity index (χ4n) is 4.91. The molecule has 0 aromatic heterocycles. The number of benzene rings is 2. The summed E-state index contributed by atoms with van der Waals surface area (Å²) in [5, 5.41) is 21.8. The molecular formula is C28H37NO5S. The minimum absolute atomic E-state index is 0.100. The maximum Gasteiger partial charge on any atom is 0.219 e. The van der Waals surface area contributed by atoms with Crippen molar-refractivity contribution in [1.29, 1.82) is 0 Å². The molecule has 0 radical (unpaired) electrons. The molecule has 190 valence electrons. The van der Waals surface area contributed by atoms with Gasteiger partial charge in [-0.25, -0.2) is 8.42 Å². The van der Waals surface area contributed by atoms with Crippen LogP contribution in [0.25, 0.3) is 16.7 Å². The molecule has 1 aliphatic heterocycles. The molecule has 1 heterocycles. The number of phenolic OH excluding ortho intramolecular Hbond substituents is 2. The SMILES string of the molecule is C=C(C)c1ccc(C)cc1-c1c(O)cc(CCCCC)c(S(=O)(=O)C2CCCN(C(C)=O)C2)c1O. The van der Waals surface area contributed by atoms with E-state index in [1.54, 1.807) is 4.90 Å². The number of aryl methyl sites for hydroxylation is 2. The van der Waals surface area contributed by atoms with Crippen LogP contribution in [-0.4, -0.2) is 47.8 Å². The van der Waals surface area contributed by atoms with Crippen LogP contribution in [0.5, 0.6) is 11.5 Å². The van der Waals surface area contributed by atoms with Crippen molar-refractivity contribution >= 4 is 21.3 Å². The van der Waals surface area contributed by atoms with Crippen molar-refractivity contribution in [2.45, 2.75) is 76.4 Å². The lowest BCUT2D eigenvalue weighted by atomic mass is 9.91.